The minimum Gasteiger partial charge on any atom is -0.386 e. The number of carbonyl (C=O) groups is 2. The summed E-state index contributed by atoms with van der Waals surface area (Å²) in [6.45, 7) is -0.596. The zero-order valence-electron chi connectivity index (χ0n) is 12.2. The van der Waals surface area contributed by atoms with Crippen molar-refractivity contribution in [3.8, 4) is 0 Å². The topological polar surface area (TPSA) is 78.4 Å². The van der Waals surface area contributed by atoms with E-state index in [9.17, 15) is 27.9 Å². The average molecular weight is 338 g/mol. The molecule has 0 radical (unpaired) electrons. The molecule has 8 heteroatoms. The second-order valence-corrected chi connectivity index (χ2v) is 4.80. The molecule has 0 saturated carbocycles. The molecule has 0 fully saturated rings. The molecule has 0 aliphatic rings. The summed E-state index contributed by atoms with van der Waals surface area (Å²) in [6, 6.07) is 8.25. The molecule has 0 aliphatic carbocycles. The van der Waals surface area contributed by atoms with Crippen LogP contribution in [0.4, 0.5) is 18.9 Å². The summed E-state index contributed by atoms with van der Waals surface area (Å²) < 4.78 is 40.3. The Labute approximate surface area is 135 Å². The lowest BCUT2D eigenvalue weighted by Crippen LogP contribution is -2.38. The fourth-order valence-corrected chi connectivity index (χ4v) is 1.94. The zero-order chi connectivity index (χ0) is 17.7. The van der Waals surface area contributed by atoms with Gasteiger partial charge in [-0.15, -0.1) is 0 Å². The molecule has 1 unspecified atom stereocenters. The van der Waals surface area contributed by atoms with Gasteiger partial charge in [0.15, 0.2) is 0 Å². The minimum atomic E-state index is -1.68. The molecule has 0 spiro atoms. The number of benzene rings is 2. The third kappa shape index (κ3) is 4.11. The van der Waals surface area contributed by atoms with Crippen molar-refractivity contribution in [2.75, 3.05) is 11.9 Å². The fraction of sp³-hybridized carbons (Fsp3) is 0.125. The second-order valence-electron chi connectivity index (χ2n) is 4.80. The minimum absolute atomic E-state index is 0.196. The lowest BCUT2D eigenvalue weighted by Gasteiger charge is -2.14. The maximum absolute atomic E-state index is 13.5. The summed E-state index contributed by atoms with van der Waals surface area (Å²) in [5, 5.41) is 13.8. The Morgan fingerprint density at radius 2 is 1.50 bits per heavy atom. The number of hydrogen-bond donors (Lipinski definition) is 3. The highest BCUT2D eigenvalue weighted by Gasteiger charge is 2.21. The van der Waals surface area contributed by atoms with Gasteiger partial charge in [-0.3, -0.25) is 9.59 Å². The van der Waals surface area contributed by atoms with Crippen LogP contribution in [-0.4, -0.2) is 23.5 Å². The number of anilines is 1. The summed E-state index contributed by atoms with van der Waals surface area (Å²) in [7, 11) is 0. The molecule has 1 atom stereocenters. The van der Waals surface area contributed by atoms with Crippen molar-refractivity contribution in [2.24, 2.45) is 0 Å². The van der Waals surface area contributed by atoms with Gasteiger partial charge in [-0.05, 0) is 24.3 Å². The van der Waals surface area contributed by atoms with E-state index in [2.05, 4.69) is 0 Å². The van der Waals surface area contributed by atoms with Gasteiger partial charge in [-0.2, -0.15) is 0 Å². The predicted octanol–water partition coefficient (Wildman–Crippen LogP) is 1.89. The van der Waals surface area contributed by atoms with Gasteiger partial charge in [0, 0.05) is 6.54 Å². The first-order chi connectivity index (χ1) is 11.4. The molecule has 24 heavy (non-hydrogen) atoms. The van der Waals surface area contributed by atoms with E-state index in [0.717, 1.165) is 24.3 Å². The number of nitrogens with one attached hydrogen (secondary N) is 2. The Balaban J connectivity index is 1.95. The van der Waals surface area contributed by atoms with Crippen LogP contribution in [0.1, 0.15) is 11.7 Å². The molecule has 0 heterocycles. The van der Waals surface area contributed by atoms with Crippen molar-refractivity contribution in [3.63, 3.8) is 0 Å². The molecule has 2 rings (SSSR count). The van der Waals surface area contributed by atoms with Crippen molar-refractivity contribution in [2.45, 2.75) is 6.10 Å². The van der Waals surface area contributed by atoms with E-state index >= 15 is 0 Å². The third-order valence-electron chi connectivity index (χ3n) is 3.12. The average Bonchev–Trinajstić information content (AvgIpc) is 2.54. The van der Waals surface area contributed by atoms with Crippen LogP contribution >= 0.6 is 0 Å². The van der Waals surface area contributed by atoms with E-state index in [1.165, 1.54) is 18.2 Å². The monoisotopic (exact) mass is 338 g/mol. The molecule has 126 valence electrons. The molecular weight excluding hydrogens is 325 g/mol. The van der Waals surface area contributed by atoms with Crippen LogP contribution in [0.15, 0.2) is 42.5 Å². The number of hydrogen-bond acceptors (Lipinski definition) is 3. The number of halogens is 3. The molecule has 0 bridgehead atoms. The maximum atomic E-state index is 13.5. The molecule has 5 nitrogen and oxygen atoms in total. The summed E-state index contributed by atoms with van der Waals surface area (Å²) in [5.74, 6) is -5.05. The number of amides is 2. The molecule has 2 aromatic carbocycles. The number of aliphatic hydroxyl groups is 1. The van der Waals surface area contributed by atoms with Crippen LogP contribution in [0, 0.1) is 17.5 Å². The van der Waals surface area contributed by atoms with Crippen LogP contribution in [0.3, 0.4) is 0 Å². The SMILES string of the molecule is O=C(NCC(O)c1c(F)cccc1F)C(=O)Nc1ccccc1F. The van der Waals surface area contributed by atoms with Crippen molar-refractivity contribution in [1.82, 2.24) is 5.32 Å². The highest BCUT2D eigenvalue weighted by Crippen LogP contribution is 2.20. The van der Waals surface area contributed by atoms with Gasteiger partial charge in [-0.25, -0.2) is 13.2 Å². The van der Waals surface area contributed by atoms with Crippen molar-refractivity contribution >= 4 is 17.5 Å². The van der Waals surface area contributed by atoms with E-state index in [0.29, 0.717) is 0 Å². The number of rotatable bonds is 4. The summed E-state index contributed by atoms with van der Waals surface area (Å²) in [5.41, 5.74) is -0.814. The maximum Gasteiger partial charge on any atom is 0.313 e. The Morgan fingerprint density at radius 1 is 0.917 bits per heavy atom. The fourth-order valence-electron chi connectivity index (χ4n) is 1.94. The first-order valence-corrected chi connectivity index (χ1v) is 6.86. The Bertz CT molecular complexity index is 748. The van der Waals surface area contributed by atoms with E-state index < -0.39 is 47.5 Å². The normalized spacial score (nSPS) is 11.7. The molecule has 2 aromatic rings. The molecule has 0 aliphatic heterocycles. The predicted molar refractivity (Wildman–Crippen MR) is 79.4 cm³/mol. The van der Waals surface area contributed by atoms with Crippen LogP contribution in [0.5, 0.6) is 0 Å². The molecule has 2 amide bonds. The largest absolute Gasteiger partial charge is 0.386 e. The second kappa shape index (κ2) is 7.60. The Hall–Kier alpha value is -2.87. The smallest absolute Gasteiger partial charge is 0.313 e. The number of carbonyl (C=O) groups excluding carboxylic acids is 2. The van der Waals surface area contributed by atoms with E-state index in [1.54, 1.807) is 0 Å². The van der Waals surface area contributed by atoms with Gasteiger partial charge in [0.05, 0.1) is 11.3 Å². The van der Waals surface area contributed by atoms with Crippen LogP contribution < -0.4 is 10.6 Å². The summed E-state index contributed by atoms with van der Waals surface area (Å²) >= 11 is 0. The molecule has 3 N–H and O–H groups in total. The Kier molecular flexibility index (Phi) is 5.54. The lowest BCUT2D eigenvalue weighted by atomic mass is 10.1. The van der Waals surface area contributed by atoms with Crippen molar-refractivity contribution < 1.29 is 27.9 Å². The van der Waals surface area contributed by atoms with Crippen LogP contribution in [-0.2, 0) is 9.59 Å². The first-order valence-electron chi connectivity index (χ1n) is 6.86. The number of aliphatic hydroxyl groups excluding tert-OH is 1. The third-order valence-corrected chi connectivity index (χ3v) is 3.12. The molecule has 0 saturated heterocycles. The van der Waals surface area contributed by atoms with Crippen molar-refractivity contribution in [3.05, 3.63) is 65.5 Å². The van der Waals surface area contributed by atoms with Gasteiger partial charge >= 0.3 is 11.8 Å². The van der Waals surface area contributed by atoms with Crippen LogP contribution in [0.25, 0.3) is 0 Å². The molecule has 0 aromatic heterocycles. The van der Waals surface area contributed by atoms with Gasteiger partial charge in [-0.1, -0.05) is 18.2 Å². The van der Waals surface area contributed by atoms with Crippen LogP contribution in [0.2, 0.25) is 0 Å². The molecular formula is C16H13F3N2O3. The zero-order valence-corrected chi connectivity index (χ0v) is 12.2. The van der Waals surface area contributed by atoms with E-state index in [-0.39, 0.29) is 5.69 Å². The van der Waals surface area contributed by atoms with E-state index in [4.69, 9.17) is 0 Å². The summed E-state index contributed by atoms with van der Waals surface area (Å²) in [6.07, 6.45) is -1.68. The number of para-hydroxylation sites is 1. The summed E-state index contributed by atoms with van der Waals surface area (Å²) in [4.78, 5) is 23.2. The van der Waals surface area contributed by atoms with Gasteiger partial charge in [0.2, 0.25) is 0 Å². The highest BCUT2D eigenvalue weighted by atomic mass is 19.1. The lowest BCUT2D eigenvalue weighted by molar-refractivity contribution is -0.136. The van der Waals surface area contributed by atoms with Gasteiger partial charge in [0.25, 0.3) is 0 Å². The standard InChI is InChI=1S/C16H13F3N2O3/c17-9-4-1-2-7-12(9)21-16(24)15(23)20-8-13(22)14-10(18)5-3-6-11(14)19/h1-7,13,22H,8H2,(H,20,23)(H,21,24). The first kappa shape index (κ1) is 17.5. The van der Waals surface area contributed by atoms with Gasteiger partial charge in [0.1, 0.15) is 23.6 Å². The Morgan fingerprint density at radius 3 is 2.12 bits per heavy atom. The quantitative estimate of drug-likeness (QED) is 0.745. The van der Waals surface area contributed by atoms with E-state index in [1.807, 2.05) is 10.6 Å². The van der Waals surface area contributed by atoms with Gasteiger partial charge < -0.3 is 15.7 Å². The van der Waals surface area contributed by atoms with Crippen molar-refractivity contribution in [1.29, 1.82) is 0 Å². The highest BCUT2D eigenvalue weighted by molar-refractivity contribution is 6.39.